The third-order valence-corrected chi connectivity index (χ3v) is 5.79. The van der Waals surface area contributed by atoms with Crippen LogP contribution in [0.25, 0.3) is 11.0 Å². The van der Waals surface area contributed by atoms with Crippen molar-refractivity contribution >= 4 is 11.0 Å². The lowest BCUT2D eigenvalue weighted by molar-refractivity contribution is 0.271. The van der Waals surface area contributed by atoms with Gasteiger partial charge < -0.3 is 18.8 Å². The SMILES string of the molecule is CCC(C)c1ccc(OCCn2c(COc3cccc(OC)c3)nc3ccccc32)cc1. The van der Waals surface area contributed by atoms with Crippen molar-refractivity contribution in [2.75, 3.05) is 13.7 Å². The molecule has 0 saturated carbocycles. The van der Waals surface area contributed by atoms with Gasteiger partial charge >= 0.3 is 0 Å². The van der Waals surface area contributed by atoms with Crippen LogP contribution in [-0.2, 0) is 13.2 Å². The van der Waals surface area contributed by atoms with E-state index in [9.17, 15) is 0 Å². The Morgan fingerprint density at radius 2 is 1.66 bits per heavy atom. The summed E-state index contributed by atoms with van der Waals surface area (Å²) < 4.78 is 19.5. The number of imidazole rings is 1. The summed E-state index contributed by atoms with van der Waals surface area (Å²) in [6.45, 7) is 6.06. The lowest BCUT2D eigenvalue weighted by Gasteiger charge is -2.13. The van der Waals surface area contributed by atoms with Crippen molar-refractivity contribution in [1.82, 2.24) is 9.55 Å². The van der Waals surface area contributed by atoms with Crippen LogP contribution in [0.2, 0.25) is 0 Å². The van der Waals surface area contributed by atoms with Gasteiger partial charge in [-0.1, -0.05) is 44.2 Å². The second-order valence-electron chi connectivity index (χ2n) is 7.86. The molecule has 0 fully saturated rings. The van der Waals surface area contributed by atoms with Crippen molar-refractivity contribution in [2.45, 2.75) is 39.3 Å². The molecule has 5 nitrogen and oxygen atoms in total. The fraction of sp³-hybridized carbons (Fsp3) is 0.296. The molecule has 0 aliphatic rings. The first-order valence-electron chi connectivity index (χ1n) is 11.1. The Hall–Kier alpha value is -3.47. The zero-order valence-electron chi connectivity index (χ0n) is 19.0. The van der Waals surface area contributed by atoms with E-state index in [0.29, 0.717) is 25.7 Å². The first-order chi connectivity index (χ1) is 15.7. The zero-order valence-corrected chi connectivity index (χ0v) is 19.0. The summed E-state index contributed by atoms with van der Waals surface area (Å²) in [6.07, 6.45) is 1.13. The molecule has 0 aliphatic carbocycles. The Kier molecular flexibility index (Phi) is 6.95. The predicted octanol–water partition coefficient (Wildman–Crippen LogP) is 6.22. The van der Waals surface area contributed by atoms with E-state index in [1.54, 1.807) is 7.11 Å². The lowest BCUT2D eigenvalue weighted by atomic mass is 9.99. The van der Waals surface area contributed by atoms with Crippen LogP contribution >= 0.6 is 0 Å². The number of benzene rings is 3. The first kappa shape index (κ1) is 21.8. The van der Waals surface area contributed by atoms with Gasteiger partial charge in [-0.05, 0) is 54.3 Å². The van der Waals surface area contributed by atoms with Crippen LogP contribution in [0.5, 0.6) is 17.2 Å². The minimum absolute atomic E-state index is 0.367. The highest BCUT2D eigenvalue weighted by molar-refractivity contribution is 5.75. The minimum atomic E-state index is 0.367. The van der Waals surface area contributed by atoms with E-state index in [1.807, 2.05) is 42.5 Å². The van der Waals surface area contributed by atoms with Crippen molar-refractivity contribution in [3.05, 3.63) is 84.2 Å². The van der Waals surface area contributed by atoms with E-state index in [-0.39, 0.29) is 0 Å². The number of rotatable bonds is 10. The van der Waals surface area contributed by atoms with Gasteiger partial charge in [0.15, 0.2) is 0 Å². The molecule has 0 aliphatic heterocycles. The molecule has 1 atom stereocenters. The topological polar surface area (TPSA) is 45.5 Å². The number of nitrogens with zero attached hydrogens (tertiary/aromatic N) is 2. The van der Waals surface area contributed by atoms with Gasteiger partial charge in [-0.3, -0.25) is 0 Å². The van der Waals surface area contributed by atoms with Gasteiger partial charge in [0, 0.05) is 6.07 Å². The molecular formula is C27H30N2O3. The highest BCUT2D eigenvalue weighted by Crippen LogP contribution is 2.23. The van der Waals surface area contributed by atoms with Crippen LogP contribution < -0.4 is 14.2 Å². The normalized spacial score (nSPS) is 12.0. The summed E-state index contributed by atoms with van der Waals surface area (Å²) in [6, 6.07) is 24.2. The number of methoxy groups -OCH3 is 1. The number of ether oxygens (including phenoxy) is 3. The van der Waals surface area contributed by atoms with Gasteiger partial charge in [0.1, 0.15) is 36.3 Å². The average Bonchev–Trinajstić information content (AvgIpc) is 3.20. The fourth-order valence-corrected chi connectivity index (χ4v) is 3.71. The maximum atomic E-state index is 6.04. The summed E-state index contributed by atoms with van der Waals surface area (Å²) in [7, 11) is 1.65. The van der Waals surface area contributed by atoms with Gasteiger partial charge in [0.25, 0.3) is 0 Å². The van der Waals surface area contributed by atoms with Crippen LogP contribution in [0, 0.1) is 0 Å². The maximum absolute atomic E-state index is 6.04. The third-order valence-electron chi connectivity index (χ3n) is 5.79. The van der Waals surface area contributed by atoms with Crippen LogP contribution in [-0.4, -0.2) is 23.3 Å². The quantitative estimate of drug-likeness (QED) is 0.300. The number of para-hydroxylation sites is 2. The Labute approximate surface area is 189 Å². The molecule has 0 N–H and O–H groups in total. The molecule has 0 spiro atoms. The largest absolute Gasteiger partial charge is 0.497 e. The molecule has 1 heterocycles. The van der Waals surface area contributed by atoms with E-state index >= 15 is 0 Å². The minimum Gasteiger partial charge on any atom is -0.497 e. The highest BCUT2D eigenvalue weighted by atomic mass is 16.5. The van der Waals surface area contributed by atoms with Crippen molar-refractivity contribution in [3.63, 3.8) is 0 Å². The Morgan fingerprint density at radius 3 is 2.44 bits per heavy atom. The number of hydrogen-bond acceptors (Lipinski definition) is 4. The van der Waals surface area contributed by atoms with Crippen LogP contribution in [0.3, 0.4) is 0 Å². The maximum Gasteiger partial charge on any atom is 0.148 e. The van der Waals surface area contributed by atoms with Crippen LogP contribution in [0.1, 0.15) is 37.6 Å². The Balaban J connectivity index is 1.45. The third kappa shape index (κ3) is 5.05. The van der Waals surface area contributed by atoms with Gasteiger partial charge in [0.2, 0.25) is 0 Å². The van der Waals surface area contributed by atoms with E-state index in [1.165, 1.54) is 5.56 Å². The van der Waals surface area contributed by atoms with E-state index < -0.39 is 0 Å². The summed E-state index contributed by atoms with van der Waals surface area (Å²) in [5, 5.41) is 0. The summed E-state index contributed by atoms with van der Waals surface area (Å²) in [5.41, 5.74) is 3.37. The molecule has 0 radical (unpaired) electrons. The predicted molar refractivity (Wildman–Crippen MR) is 128 cm³/mol. The number of hydrogen-bond donors (Lipinski definition) is 0. The summed E-state index contributed by atoms with van der Waals surface area (Å²) in [4.78, 5) is 4.79. The number of fused-ring (bicyclic) bond motifs is 1. The Bertz CT molecular complexity index is 1150. The van der Waals surface area contributed by atoms with E-state index in [0.717, 1.165) is 40.5 Å². The van der Waals surface area contributed by atoms with Crippen molar-refractivity contribution < 1.29 is 14.2 Å². The molecule has 1 aromatic heterocycles. The van der Waals surface area contributed by atoms with Gasteiger partial charge in [0.05, 0.1) is 24.7 Å². The highest BCUT2D eigenvalue weighted by Gasteiger charge is 2.12. The zero-order chi connectivity index (χ0) is 22.3. The molecule has 4 aromatic rings. The standard InChI is InChI=1S/C27H30N2O3/c1-4-20(2)21-12-14-22(15-13-21)31-17-16-29-26-11-6-5-10-25(26)28-27(29)19-32-24-9-7-8-23(18-24)30-3/h5-15,18,20H,4,16-17,19H2,1-3H3. The average molecular weight is 431 g/mol. The molecule has 3 aromatic carbocycles. The molecular weight excluding hydrogens is 400 g/mol. The van der Waals surface area contributed by atoms with Crippen molar-refractivity contribution in [3.8, 4) is 17.2 Å². The molecule has 0 amide bonds. The molecule has 1 unspecified atom stereocenters. The smallest absolute Gasteiger partial charge is 0.148 e. The molecule has 166 valence electrons. The van der Waals surface area contributed by atoms with Crippen molar-refractivity contribution in [2.24, 2.45) is 0 Å². The monoisotopic (exact) mass is 430 g/mol. The second kappa shape index (κ2) is 10.2. The van der Waals surface area contributed by atoms with Gasteiger partial charge in [-0.25, -0.2) is 4.98 Å². The van der Waals surface area contributed by atoms with E-state index in [2.05, 4.69) is 48.7 Å². The lowest BCUT2D eigenvalue weighted by Crippen LogP contribution is -2.13. The molecule has 0 bridgehead atoms. The first-order valence-corrected chi connectivity index (χ1v) is 11.1. The van der Waals surface area contributed by atoms with E-state index in [4.69, 9.17) is 19.2 Å². The molecule has 32 heavy (non-hydrogen) atoms. The summed E-state index contributed by atoms with van der Waals surface area (Å²) >= 11 is 0. The van der Waals surface area contributed by atoms with Crippen LogP contribution in [0.15, 0.2) is 72.8 Å². The van der Waals surface area contributed by atoms with Gasteiger partial charge in [-0.15, -0.1) is 0 Å². The van der Waals surface area contributed by atoms with Crippen LogP contribution in [0.4, 0.5) is 0 Å². The summed E-state index contributed by atoms with van der Waals surface area (Å²) in [5.74, 6) is 3.83. The van der Waals surface area contributed by atoms with Crippen molar-refractivity contribution in [1.29, 1.82) is 0 Å². The molecule has 4 rings (SSSR count). The molecule has 5 heteroatoms. The Morgan fingerprint density at radius 1 is 0.875 bits per heavy atom. The number of aromatic nitrogens is 2. The second-order valence-corrected chi connectivity index (χ2v) is 7.86. The fourth-order valence-electron chi connectivity index (χ4n) is 3.71. The van der Waals surface area contributed by atoms with Gasteiger partial charge in [-0.2, -0.15) is 0 Å². The molecule has 0 saturated heterocycles.